The number of hydrogen-bond acceptors (Lipinski definition) is 5. The van der Waals surface area contributed by atoms with E-state index in [1.807, 2.05) is 0 Å². The number of hydrogen-bond donors (Lipinski definition) is 1. The van der Waals surface area contributed by atoms with Crippen molar-refractivity contribution < 1.29 is 14.3 Å². The first-order valence-corrected chi connectivity index (χ1v) is 8.88. The molecule has 25 heavy (non-hydrogen) atoms. The van der Waals surface area contributed by atoms with E-state index in [0.717, 1.165) is 5.56 Å². The summed E-state index contributed by atoms with van der Waals surface area (Å²) in [6.07, 6.45) is 1.75. The van der Waals surface area contributed by atoms with E-state index >= 15 is 0 Å². The van der Waals surface area contributed by atoms with Gasteiger partial charge in [-0.05, 0) is 35.9 Å². The van der Waals surface area contributed by atoms with Gasteiger partial charge in [-0.2, -0.15) is 0 Å². The Morgan fingerprint density at radius 2 is 1.92 bits per heavy atom. The molecular formula is C18H12ClNO3S2. The summed E-state index contributed by atoms with van der Waals surface area (Å²) in [5.41, 5.74) is 1.28. The summed E-state index contributed by atoms with van der Waals surface area (Å²) in [4.78, 5) is 24.3. The van der Waals surface area contributed by atoms with Crippen molar-refractivity contribution in [2.45, 2.75) is 0 Å². The fraction of sp³-hybridized carbons (Fsp3) is 0.0556. The van der Waals surface area contributed by atoms with E-state index in [4.69, 9.17) is 28.6 Å². The maximum Gasteiger partial charge on any atom is 0.263 e. The molecular weight excluding hydrogens is 378 g/mol. The zero-order valence-electron chi connectivity index (χ0n) is 12.8. The lowest BCUT2D eigenvalue weighted by atomic mass is 10.1. The van der Waals surface area contributed by atoms with Crippen molar-refractivity contribution in [2.24, 2.45) is 0 Å². The fourth-order valence-electron chi connectivity index (χ4n) is 2.15. The molecule has 0 aliphatic carbocycles. The van der Waals surface area contributed by atoms with Crippen LogP contribution >= 0.6 is 35.6 Å². The van der Waals surface area contributed by atoms with Crippen molar-refractivity contribution >= 4 is 57.7 Å². The molecule has 0 unspecified atom stereocenters. The summed E-state index contributed by atoms with van der Waals surface area (Å²) >= 11 is 12.2. The first-order valence-electron chi connectivity index (χ1n) is 7.28. The first-order chi connectivity index (χ1) is 12.0. The molecule has 0 spiro atoms. The Bertz CT molecular complexity index is 878. The Hall–Kier alpha value is -2.15. The molecule has 1 fully saturated rings. The number of carbonyl (C=O) groups is 2. The number of carbonyl (C=O) groups excluding carboxylic acids is 2. The molecule has 2 aromatic carbocycles. The quantitative estimate of drug-likeness (QED) is 0.474. The highest BCUT2D eigenvalue weighted by atomic mass is 35.5. The number of benzene rings is 2. The van der Waals surface area contributed by atoms with E-state index in [1.165, 1.54) is 11.8 Å². The van der Waals surface area contributed by atoms with Gasteiger partial charge in [0.1, 0.15) is 10.1 Å². The molecule has 2 aromatic rings. The Kier molecular flexibility index (Phi) is 5.53. The van der Waals surface area contributed by atoms with Crippen molar-refractivity contribution in [3.63, 3.8) is 0 Å². The second kappa shape index (κ2) is 7.82. The van der Waals surface area contributed by atoms with Gasteiger partial charge in [0, 0.05) is 5.56 Å². The Balaban J connectivity index is 1.62. The monoisotopic (exact) mass is 389 g/mol. The molecule has 1 saturated heterocycles. The largest absolute Gasteiger partial charge is 0.485 e. The van der Waals surface area contributed by atoms with Gasteiger partial charge in [-0.15, -0.1) is 0 Å². The zero-order valence-corrected chi connectivity index (χ0v) is 15.2. The summed E-state index contributed by atoms with van der Waals surface area (Å²) in [7, 11) is 0. The molecule has 4 nitrogen and oxygen atoms in total. The van der Waals surface area contributed by atoms with Crippen LogP contribution in [0.2, 0.25) is 5.02 Å². The van der Waals surface area contributed by atoms with Crippen LogP contribution < -0.4 is 10.1 Å². The third-order valence-corrected chi connectivity index (χ3v) is 4.86. The normalized spacial score (nSPS) is 15.3. The third kappa shape index (κ3) is 4.48. The number of amides is 1. The summed E-state index contributed by atoms with van der Waals surface area (Å²) in [5, 5.41) is 2.97. The number of halogens is 1. The molecule has 1 aliphatic rings. The van der Waals surface area contributed by atoms with Crippen LogP contribution in [0.25, 0.3) is 6.08 Å². The SMILES string of the molecule is O=C1NC(=S)S/C1=C\c1ccc(OCC(=O)c2ccccc2Cl)cc1. The van der Waals surface area contributed by atoms with Gasteiger partial charge in [0.2, 0.25) is 5.78 Å². The van der Waals surface area contributed by atoms with Crippen LogP contribution in [0, 0.1) is 0 Å². The molecule has 0 saturated carbocycles. The summed E-state index contributed by atoms with van der Waals surface area (Å²) in [5.74, 6) is 0.173. The zero-order chi connectivity index (χ0) is 17.8. The lowest BCUT2D eigenvalue weighted by Gasteiger charge is -2.07. The Morgan fingerprint density at radius 1 is 1.20 bits per heavy atom. The van der Waals surface area contributed by atoms with Gasteiger partial charge in [0.05, 0.1) is 9.93 Å². The molecule has 7 heteroatoms. The predicted molar refractivity (Wildman–Crippen MR) is 104 cm³/mol. The van der Waals surface area contributed by atoms with Gasteiger partial charge in [-0.25, -0.2) is 0 Å². The van der Waals surface area contributed by atoms with E-state index < -0.39 is 0 Å². The molecule has 1 N–H and O–H groups in total. The van der Waals surface area contributed by atoms with Crippen molar-refractivity contribution in [1.82, 2.24) is 5.32 Å². The van der Waals surface area contributed by atoms with E-state index in [1.54, 1.807) is 54.6 Å². The highest BCUT2D eigenvalue weighted by molar-refractivity contribution is 8.26. The smallest absolute Gasteiger partial charge is 0.263 e. The van der Waals surface area contributed by atoms with Crippen LogP contribution in [0.15, 0.2) is 53.4 Å². The number of ether oxygens (including phenoxy) is 1. The van der Waals surface area contributed by atoms with Crippen LogP contribution in [-0.2, 0) is 4.79 Å². The minimum atomic E-state index is -0.194. The number of thiocarbonyl (C=S) groups is 1. The summed E-state index contributed by atoms with van der Waals surface area (Å²) in [6, 6.07) is 13.9. The second-order valence-corrected chi connectivity index (χ2v) is 7.24. The van der Waals surface area contributed by atoms with Crippen molar-refractivity contribution in [2.75, 3.05) is 6.61 Å². The van der Waals surface area contributed by atoms with Crippen molar-refractivity contribution in [3.8, 4) is 5.75 Å². The van der Waals surface area contributed by atoms with Crippen LogP contribution in [0.5, 0.6) is 5.75 Å². The van der Waals surface area contributed by atoms with Gasteiger partial charge in [-0.3, -0.25) is 9.59 Å². The first kappa shape index (κ1) is 17.7. The van der Waals surface area contributed by atoms with Gasteiger partial charge in [0.25, 0.3) is 5.91 Å². The van der Waals surface area contributed by atoms with Crippen molar-refractivity contribution in [1.29, 1.82) is 0 Å². The van der Waals surface area contributed by atoms with E-state index in [2.05, 4.69) is 5.32 Å². The van der Waals surface area contributed by atoms with E-state index in [0.29, 0.717) is 25.6 Å². The van der Waals surface area contributed by atoms with E-state index in [-0.39, 0.29) is 18.3 Å². The van der Waals surface area contributed by atoms with Gasteiger partial charge in [0.15, 0.2) is 6.61 Å². The molecule has 1 heterocycles. The fourth-order valence-corrected chi connectivity index (χ4v) is 3.43. The number of ketones is 1. The Morgan fingerprint density at radius 3 is 2.56 bits per heavy atom. The predicted octanol–water partition coefficient (Wildman–Crippen LogP) is 4.09. The maximum absolute atomic E-state index is 12.1. The third-order valence-electron chi connectivity index (χ3n) is 3.36. The van der Waals surface area contributed by atoms with Gasteiger partial charge >= 0.3 is 0 Å². The van der Waals surface area contributed by atoms with Gasteiger partial charge < -0.3 is 10.1 Å². The highest BCUT2D eigenvalue weighted by Gasteiger charge is 2.21. The van der Waals surface area contributed by atoms with Crippen LogP contribution in [0.1, 0.15) is 15.9 Å². The van der Waals surface area contributed by atoms with Crippen LogP contribution in [-0.4, -0.2) is 22.6 Å². The summed E-state index contributed by atoms with van der Waals surface area (Å²) in [6.45, 7) is -0.100. The van der Waals surface area contributed by atoms with Crippen LogP contribution in [0.3, 0.4) is 0 Å². The second-order valence-electron chi connectivity index (χ2n) is 5.11. The molecule has 0 radical (unpaired) electrons. The van der Waals surface area contributed by atoms with Crippen LogP contribution in [0.4, 0.5) is 0 Å². The minimum absolute atomic E-state index is 0.100. The topological polar surface area (TPSA) is 55.4 Å². The van der Waals surface area contributed by atoms with Gasteiger partial charge in [-0.1, -0.05) is 59.8 Å². The maximum atomic E-state index is 12.1. The molecule has 0 aromatic heterocycles. The lowest BCUT2D eigenvalue weighted by Crippen LogP contribution is -2.17. The number of Topliss-reactive ketones (excluding diaryl/α,β-unsaturated/α-hetero) is 1. The summed E-state index contributed by atoms with van der Waals surface area (Å²) < 4.78 is 5.96. The molecule has 0 atom stereocenters. The number of nitrogens with one attached hydrogen (secondary N) is 1. The lowest BCUT2D eigenvalue weighted by molar-refractivity contribution is -0.115. The minimum Gasteiger partial charge on any atom is -0.485 e. The molecule has 3 rings (SSSR count). The highest BCUT2D eigenvalue weighted by Crippen LogP contribution is 2.26. The standard InChI is InChI=1S/C18H12ClNO3S2/c19-14-4-2-1-3-13(14)15(21)10-23-12-7-5-11(6-8-12)9-16-17(22)20-18(24)25-16/h1-9H,10H2,(H,20,22,24)/b16-9-. The van der Waals surface area contributed by atoms with E-state index in [9.17, 15) is 9.59 Å². The molecule has 1 amide bonds. The number of rotatable bonds is 5. The Labute approximate surface area is 159 Å². The average molecular weight is 390 g/mol. The number of thioether (sulfide) groups is 1. The molecule has 1 aliphatic heterocycles. The van der Waals surface area contributed by atoms with Crippen molar-refractivity contribution in [3.05, 3.63) is 69.6 Å². The molecule has 126 valence electrons. The molecule has 0 bridgehead atoms. The average Bonchev–Trinajstić information content (AvgIpc) is 2.91.